The van der Waals surface area contributed by atoms with Crippen molar-refractivity contribution in [3.05, 3.63) is 42.5 Å². The molecule has 0 aliphatic carbocycles. The van der Waals surface area contributed by atoms with Gasteiger partial charge in [-0.2, -0.15) is 0 Å². The largest absolute Gasteiger partial charge is 0.492 e. The molecule has 2 aromatic rings. The summed E-state index contributed by atoms with van der Waals surface area (Å²) in [6.07, 6.45) is 3.72. The van der Waals surface area contributed by atoms with Gasteiger partial charge in [0.25, 0.3) is 0 Å². The van der Waals surface area contributed by atoms with E-state index in [1.54, 1.807) is 0 Å². The molecule has 0 saturated heterocycles. The SMILES string of the molecule is CCOc1ccccc1-n1cncc1CNC(C)(C)C. The standard InChI is InChI=1S/C16H23N3O/c1-5-20-15-9-7-6-8-14(15)19-12-17-10-13(19)11-18-16(2,3)4/h6-10,12,18H,5,11H2,1-4H3. The molecule has 1 N–H and O–H groups in total. The van der Waals surface area contributed by atoms with Gasteiger partial charge in [0.2, 0.25) is 0 Å². The van der Waals surface area contributed by atoms with E-state index in [0.29, 0.717) is 6.61 Å². The van der Waals surface area contributed by atoms with Crippen LogP contribution in [0.3, 0.4) is 0 Å². The molecule has 0 fully saturated rings. The lowest BCUT2D eigenvalue weighted by Crippen LogP contribution is -2.35. The number of nitrogens with zero attached hydrogens (tertiary/aromatic N) is 2. The molecule has 2 rings (SSSR count). The van der Waals surface area contributed by atoms with E-state index in [1.807, 2.05) is 43.7 Å². The smallest absolute Gasteiger partial charge is 0.143 e. The van der Waals surface area contributed by atoms with Crippen molar-refractivity contribution in [3.63, 3.8) is 0 Å². The number of rotatable bonds is 5. The van der Waals surface area contributed by atoms with E-state index in [0.717, 1.165) is 23.7 Å². The highest BCUT2D eigenvalue weighted by atomic mass is 16.5. The topological polar surface area (TPSA) is 39.1 Å². The number of hydrogen-bond acceptors (Lipinski definition) is 3. The van der Waals surface area contributed by atoms with Crippen molar-refractivity contribution in [2.45, 2.75) is 39.8 Å². The van der Waals surface area contributed by atoms with Gasteiger partial charge in [-0.15, -0.1) is 0 Å². The molecule has 1 aromatic heterocycles. The highest BCUT2D eigenvalue weighted by Gasteiger charge is 2.13. The summed E-state index contributed by atoms with van der Waals surface area (Å²) in [6, 6.07) is 8.03. The fraction of sp³-hybridized carbons (Fsp3) is 0.438. The Kier molecular flexibility index (Phi) is 4.45. The fourth-order valence-electron chi connectivity index (χ4n) is 1.96. The number of aromatic nitrogens is 2. The Hall–Kier alpha value is -1.81. The number of nitrogens with one attached hydrogen (secondary N) is 1. The van der Waals surface area contributed by atoms with Crippen LogP contribution in [0.15, 0.2) is 36.8 Å². The average Bonchev–Trinajstić information content (AvgIpc) is 2.85. The van der Waals surface area contributed by atoms with Crippen molar-refractivity contribution in [1.29, 1.82) is 0 Å². The van der Waals surface area contributed by atoms with Gasteiger partial charge < -0.3 is 10.1 Å². The molecule has 4 heteroatoms. The Morgan fingerprint density at radius 3 is 2.70 bits per heavy atom. The zero-order chi connectivity index (χ0) is 14.6. The average molecular weight is 273 g/mol. The summed E-state index contributed by atoms with van der Waals surface area (Å²) >= 11 is 0. The van der Waals surface area contributed by atoms with Crippen molar-refractivity contribution in [1.82, 2.24) is 14.9 Å². The molecule has 0 spiro atoms. The second-order valence-corrected chi connectivity index (χ2v) is 5.76. The van der Waals surface area contributed by atoms with E-state index < -0.39 is 0 Å². The molecule has 0 atom stereocenters. The quantitative estimate of drug-likeness (QED) is 0.909. The highest BCUT2D eigenvalue weighted by molar-refractivity contribution is 5.47. The second-order valence-electron chi connectivity index (χ2n) is 5.76. The lowest BCUT2D eigenvalue weighted by Gasteiger charge is -2.21. The molecule has 0 unspecified atom stereocenters. The maximum Gasteiger partial charge on any atom is 0.143 e. The summed E-state index contributed by atoms with van der Waals surface area (Å²) in [4.78, 5) is 4.27. The van der Waals surface area contributed by atoms with Crippen LogP contribution in [-0.2, 0) is 6.54 Å². The van der Waals surface area contributed by atoms with Gasteiger partial charge in [0.1, 0.15) is 5.75 Å². The third kappa shape index (κ3) is 3.61. The summed E-state index contributed by atoms with van der Waals surface area (Å²) in [5, 5.41) is 3.48. The molecule has 1 aromatic carbocycles. The highest BCUT2D eigenvalue weighted by Crippen LogP contribution is 2.24. The summed E-state index contributed by atoms with van der Waals surface area (Å²) in [5.74, 6) is 0.880. The second kappa shape index (κ2) is 6.09. The van der Waals surface area contributed by atoms with Crippen LogP contribution in [0.4, 0.5) is 0 Å². The van der Waals surface area contributed by atoms with Gasteiger partial charge in [0.05, 0.1) is 24.3 Å². The van der Waals surface area contributed by atoms with Crippen molar-refractivity contribution in [3.8, 4) is 11.4 Å². The maximum absolute atomic E-state index is 5.69. The van der Waals surface area contributed by atoms with Crippen LogP contribution >= 0.6 is 0 Å². The summed E-state index contributed by atoms with van der Waals surface area (Å²) in [5.41, 5.74) is 2.22. The van der Waals surface area contributed by atoms with E-state index in [-0.39, 0.29) is 5.54 Å². The van der Waals surface area contributed by atoms with E-state index in [1.165, 1.54) is 0 Å². The minimum Gasteiger partial charge on any atom is -0.492 e. The van der Waals surface area contributed by atoms with Crippen LogP contribution in [0.5, 0.6) is 5.75 Å². The molecular weight excluding hydrogens is 250 g/mol. The van der Waals surface area contributed by atoms with Crippen molar-refractivity contribution < 1.29 is 4.74 Å². The van der Waals surface area contributed by atoms with Gasteiger partial charge in [-0.25, -0.2) is 4.98 Å². The Morgan fingerprint density at radius 1 is 1.25 bits per heavy atom. The third-order valence-electron chi connectivity index (χ3n) is 2.94. The first-order valence-corrected chi connectivity index (χ1v) is 6.99. The Labute approximate surface area is 120 Å². The normalized spacial score (nSPS) is 11.6. The van der Waals surface area contributed by atoms with Crippen LogP contribution in [0.25, 0.3) is 5.69 Å². The van der Waals surface area contributed by atoms with Crippen molar-refractivity contribution in [2.75, 3.05) is 6.61 Å². The fourth-order valence-corrected chi connectivity index (χ4v) is 1.96. The van der Waals surface area contributed by atoms with Gasteiger partial charge in [0, 0.05) is 18.3 Å². The minimum absolute atomic E-state index is 0.0779. The molecule has 20 heavy (non-hydrogen) atoms. The predicted molar refractivity (Wildman–Crippen MR) is 81.3 cm³/mol. The van der Waals surface area contributed by atoms with Gasteiger partial charge in [-0.1, -0.05) is 12.1 Å². The lowest BCUT2D eigenvalue weighted by molar-refractivity contribution is 0.338. The van der Waals surface area contributed by atoms with Gasteiger partial charge in [-0.3, -0.25) is 4.57 Å². The Bertz CT molecular complexity index is 555. The summed E-state index contributed by atoms with van der Waals surface area (Å²) in [6.45, 7) is 9.88. The first-order chi connectivity index (χ1) is 9.51. The first-order valence-electron chi connectivity index (χ1n) is 6.99. The van der Waals surface area contributed by atoms with Crippen LogP contribution in [0, 0.1) is 0 Å². The van der Waals surface area contributed by atoms with Gasteiger partial charge >= 0.3 is 0 Å². The van der Waals surface area contributed by atoms with Gasteiger partial charge in [-0.05, 0) is 39.8 Å². The molecule has 108 valence electrons. The van der Waals surface area contributed by atoms with Crippen molar-refractivity contribution in [2.24, 2.45) is 0 Å². The van der Waals surface area contributed by atoms with Gasteiger partial charge in [0.15, 0.2) is 0 Å². The predicted octanol–water partition coefficient (Wildman–Crippen LogP) is 3.16. The van der Waals surface area contributed by atoms with E-state index in [9.17, 15) is 0 Å². The Morgan fingerprint density at radius 2 is 2.00 bits per heavy atom. The molecular formula is C16H23N3O. The molecule has 1 heterocycles. The third-order valence-corrected chi connectivity index (χ3v) is 2.94. The molecule has 0 aliphatic rings. The first kappa shape index (κ1) is 14.6. The molecule has 0 bridgehead atoms. The number of benzene rings is 1. The van der Waals surface area contributed by atoms with E-state index in [2.05, 4.69) is 35.6 Å². The lowest BCUT2D eigenvalue weighted by atomic mass is 10.1. The zero-order valence-electron chi connectivity index (χ0n) is 12.7. The van der Waals surface area contributed by atoms with Crippen molar-refractivity contribution >= 4 is 0 Å². The minimum atomic E-state index is 0.0779. The Balaban J connectivity index is 2.28. The van der Waals surface area contributed by atoms with Crippen LogP contribution in [0.1, 0.15) is 33.4 Å². The van der Waals surface area contributed by atoms with Crippen LogP contribution < -0.4 is 10.1 Å². The molecule has 0 aliphatic heterocycles. The molecule has 0 amide bonds. The van der Waals surface area contributed by atoms with E-state index in [4.69, 9.17) is 4.74 Å². The number of imidazole rings is 1. The monoisotopic (exact) mass is 273 g/mol. The maximum atomic E-state index is 5.69. The molecule has 4 nitrogen and oxygen atoms in total. The van der Waals surface area contributed by atoms with E-state index >= 15 is 0 Å². The summed E-state index contributed by atoms with van der Waals surface area (Å²) < 4.78 is 7.77. The number of para-hydroxylation sites is 2. The number of ether oxygens (including phenoxy) is 1. The number of hydrogen-bond donors (Lipinski definition) is 1. The summed E-state index contributed by atoms with van der Waals surface area (Å²) in [7, 11) is 0. The molecule has 0 saturated carbocycles. The zero-order valence-corrected chi connectivity index (χ0v) is 12.7. The van der Waals surface area contributed by atoms with Crippen LogP contribution in [-0.4, -0.2) is 21.7 Å². The molecule has 0 radical (unpaired) electrons. The van der Waals surface area contributed by atoms with Crippen LogP contribution in [0.2, 0.25) is 0 Å².